The van der Waals surface area contributed by atoms with E-state index in [4.69, 9.17) is 16.3 Å². The molecule has 2 saturated heterocycles. The third-order valence-corrected chi connectivity index (χ3v) is 8.84. The number of benzene rings is 2. The van der Waals surface area contributed by atoms with E-state index in [2.05, 4.69) is 4.99 Å². The van der Waals surface area contributed by atoms with E-state index >= 15 is 0 Å². The fourth-order valence-electron chi connectivity index (χ4n) is 3.79. The second-order valence-corrected chi connectivity index (χ2v) is 11.1. The minimum Gasteiger partial charge on any atom is -0.496 e. The number of thioether (sulfide) groups is 1. The van der Waals surface area contributed by atoms with Crippen molar-refractivity contribution in [1.29, 1.82) is 0 Å². The molecule has 2 aliphatic rings. The second-order valence-electron chi connectivity index (χ2n) is 7.30. The summed E-state index contributed by atoms with van der Waals surface area (Å²) in [5.41, 5.74) is 1.63. The monoisotopic (exact) mass is 464 g/mol. The molecule has 158 valence electrons. The lowest BCUT2D eigenvalue weighted by Crippen LogP contribution is -2.37. The highest BCUT2D eigenvalue weighted by atomic mass is 35.5. The molecule has 0 unspecified atom stereocenters. The number of hydrogen-bond acceptors (Lipinski definition) is 5. The summed E-state index contributed by atoms with van der Waals surface area (Å²) in [6.07, 6.45) is 0.113. The van der Waals surface area contributed by atoms with Gasteiger partial charge in [-0.15, -0.1) is 0 Å². The molecule has 2 fully saturated rings. The lowest BCUT2D eigenvalue weighted by atomic mass is 10.1. The van der Waals surface area contributed by atoms with Gasteiger partial charge in [0.05, 0.1) is 31.1 Å². The van der Waals surface area contributed by atoms with Crippen molar-refractivity contribution in [3.8, 4) is 5.75 Å². The van der Waals surface area contributed by atoms with Crippen molar-refractivity contribution in [2.24, 2.45) is 4.99 Å². The van der Waals surface area contributed by atoms with Crippen LogP contribution in [0.25, 0.3) is 0 Å². The van der Waals surface area contributed by atoms with Crippen LogP contribution < -0.4 is 4.74 Å². The van der Waals surface area contributed by atoms with Crippen LogP contribution in [-0.4, -0.2) is 54.3 Å². The summed E-state index contributed by atoms with van der Waals surface area (Å²) < 4.78 is 29.6. The molecular weight excluding hydrogens is 444 g/mol. The van der Waals surface area contributed by atoms with Gasteiger partial charge in [0.1, 0.15) is 5.75 Å². The standard InChI is InChI=1S/C21H21ClN2O4S2/c1-28-18-9-5-3-6-14(18)10-20(25)23-21-24(11-15-7-2-4-8-16(15)22)17-12-30(26,27)13-19(17)29-21/h2-9,17,19H,10-13H2,1H3/t17-,19-/m0/s1. The van der Waals surface area contributed by atoms with Crippen LogP contribution in [-0.2, 0) is 27.6 Å². The zero-order chi connectivity index (χ0) is 21.3. The lowest BCUT2D eigenvalue weighted by molar-refractivity contribution is -0.117. The molecule has 2 aromatic rings. The number of rotatable bonds is 5. The Morgan fingerprint density at radius 1 is 1.17 bits per heavy atom. The average molecular weight is 465 g/mol. The van der Waals surface area contributed by atoms with Crippen molar-refractivity contribution in [2.45, 2.75) is 24.3 Å². The molecule has 2 atom stereocenters. The van der Waals surface area contributed by atoms with Gasteiger partial charge in [-0.1, -0.05) is 59.8 Å². The van der Waals surface area contributed by atoms with E-state index in [1.54, 1.807) is 19.2 Å². The molecule has 2 aliphatic heterocycles. The molecule has 4 rings (SSSR count). The Morgan fingerprint density at radius 3 is 2.60 bits per heavy atom. The topological polar surface area (TPSA) is 76.0 Å². The van der Waals surface area contributed by atoms with E-state index in [1.807, 2.05) is 41.3 Å². The number of halogens is 1. The van der Waals surface area contributed by atoms with Crippen LogP contribution in [0.4, 0.5) is 0 Å². The van der Waals surface area contributed by atoms with Gasteiger partial charge in [-0.05, 0) is 17.7 Å². The number of ether oxygens (including phenoxy) is 1. The van der Waals surface area contributed by atoms with E-state index in [0.29, 0.717) is 22.5 Å². The molecule has 30 heavy (non-hydrogen) atoms. The van der Waals surface area contributed by atoms with Crippen LogP contribution in [0, 0.1) is 0 Å². The van der Waals surface area contributed by atoms with Gasteiger partial charge in [0.15, 0.2) is 15.0 Å². The number of methoxy groups -OCH3 is 1. The van der Waals surface area contributed by atoms with Crippen LogP contribution in [0.15, 0.2) is 53.5 Å². The molecule has 2 heterocycles. The van der Waals surface area contributed by atoms with E-state index in [9.17, 15) is 13.2 Å². The molecular formula is C21H21ClN2O4S2. The van der Waals surface area contributed by atoms with Gasteiger partial charge >= 0.3 is 0 Å². The van der Waals surface area contributed by atoms with E-state index < -0.39 is 9.84 Å². The SMILES string of the molecule is COc1ccccc1CC(=O)N=C1S[C@H]2CS(=O)(=O)C[C@@H]2N1Cc1ccccc1Cl. The van der Waals surface area contributed by atoms with Gasteiger partial charge < -0.3 is 9.64 Å². The summed E-state index contributed by atoms with van der Waals surface area (Å²) in [6, 6.07) is 14.6. The van der Waals surface area contributed by atoms with Gasteiger partial charge in [-0.3, -0.25) is 4.79 Å². The maximum Gasteiger partial charge on any atom is 0.252 e. The largest absolute Gasteiger partial charge is 0.496 e. The summed E-state index contributed by atoms with van der Waals surface area (Å²) in [5.74, 6) is 0.505. The number of amides is 1. The summed E-state index contributed by atoms with van der Waals surface area (Å²) in [5, 5.41) is 1.03. The number of nitrogens with zero attached hydrogens (tertiary/aromatic N) is 2. The lowest BCUT2D eigenvalue weighted by Gasteiger charge is -2.25. The number of sulfone groups is 1. The van der Waals surface area contributed by atoms with Crippen molar-refractivity contribution < 1.29 is 17.9 Å². The first-order chi connectivity index (χ1) is 14.4. The Morgan fingerprint density at radius 2 is 1.87 bits per heavy atom. The Hall–Kier alpha value is -2.03. The molecule has 0 bridgehead atoms. The minimum atomic E-state index is -3.10. The predicted octanol–water partition coefficient (Wildman–Crippen LogP) is 3.19. The Labute approximate surface area is 185 Å². The summed E-state index contributed by atoms with van der Waals surface area (Å²) in [7, 11) is -1.54. The molecule has 6 nitrogen and oxygen atoms in total. The predicted molar refractivity (Wildman–Crippen MR) is 120 cm³/mol. The Bertz CT molecular complexity index is 1100. The summed E-state index contributed by atoms with van der Waals surface area (Å²) in [6.45, 7) is 0.407. The van der Waals surface area contributed by atoms with Crippen molar-refractivity contribution in [3.63, 3.8) is 0 Å². The average Bonchev–Trinajstić information content (AvgIpc) is 3.15. The van der Waals surface area contributed by atoms with E-state index in [0.717, 1.165) is 11.1 Å². The van der Waals surface area contributed by atoms with Crippen molar-refractivity contribution in [1.82, 2.24) is 4.90 Å². The molecule has 0 radical (unpaired) electrons. The normalized spacial score (nSPS) is 23.5. The number of carbonyl (C=O) groups excluding carboxylic acids is 1. The zero-order valence-electron chi connectivity index (χ0n) is 16.3. The highest BCUT2D eigenvalue weighted by molar-refractivity contribution is 8.15. The molecule has 9 heteroatoms. The number of hydrogen-bond donors (Lipinski definition) is 0. The molecule has 0 aliphatic carbocycles. The number of para-hydroxylation sites is 1. The van der Waals surface area contributed by atoms with Crippen molar-refractivity contribution in [2.75, 3.05) is 18.6 Å². The zero-order valence-corrected chi connectivity index (χ0v) is 18.7. The van der Waals surface area contributed by atoms with Gasteiger partial charge in [0, 0.05) is 22.4 Å². The molecule has 0 saturated carbocycles. The third-order valence-electron chi connectivity index (χ3n) is 5.23. The Balaban J connectivity index is 1.60. The van der Waals surface area contributed by atoms with Gasteiger partial charge in [-0.25, -0.2) is 8.42 Å². The Kier molecular flexibility index (Phi) is 6.09. The van der Waals surface area contributed by atoms with Gasteiger partial charge in [0.2, 0.25) is 0 Å². The molecule has 0 spiro atoms. The van der Waals surface area contributed by atoms with Gasteiger partial charge in [0.25, 0.3) is 5.91 Å². The molecule has 1 amide bonds. The minimum absolute atomic E-state index is 0.0643. The van der Waals surface area contributed by atoms with E-state index in [-0.39, 0.29) is 35.1 Å². The number of amidine groups is 1. The molecule has 0 N–H and O–H groups in total. The highest BCUT2D eigenvalue weighted by Crippen LogP contribution is 2.39. The molecule has 0 aromatic heterocycles. The van der Waals surface area contributed by atoms with Crippen LogP contribution in [0.2, 0.25) is 5.02 Å². The second kappa shape index (κ2) is 8.61. The van der Waals surface area contributed by atoms with E-state index in [1.165, 1.54) is 11.8 Å². The number of carbonyl (C=O) groups is 1. The summed E-state index contributed by atoms with van der Waals surface area (Å²) >= 11 is 7.69. The fourth-order valence-corrected chi connectivity index (χ4v) is 7.95. The van der Waals surface area contributed by atoms with Crippen LogP contribution >= 0.6 is 23.4 Å². The smallest absolute Gasteiger partial charge is 0.252 e. The maximum absolute atomic E-state index is 12.7. The van der Waals surface area contributed by atoms with Crippen molar-refractivity contribution in [3.05, 3.63) is 64.7 Å². The first kappa shape index (κ1) is 21.2. The fraction of sp³-hybridized carbons (Fsp3) is 0.333. The van der Waals surface area contributed by atoms with Crippen LogP contribution in [0.3, 0.4) is 0 Å². The number of fused-ring (bicyclic) bond motifs is 1. The first-order valence-corrected chi connectivity index (χ1v) is 12.5. The molecule has 2 aromatic carbocycles. The highest BCUT2D eigenvalue weighted by Gasteiger charge is 2.48. The van der Waals surface area contributed by atoms with Gasteiger partial charge in [-0.2, -0.15) is 4.99 Å². The summed E-state index contributed by atoms with van der Waals surface area (Å²) in [4.78, 5) is 19.0. The van der Waals surface area contributed by atoms with Crippen molar-refractivity contribution >= 4 is 44.3 Å². The van der Waals surface area contributed by atoms with Crippen LogP contribution in [0.5, 0.6) is 5.75 Å². The third kappa shape index (κ3) is 4.50. The number of aliphatic imine (C=N–C) groups is 1. The first-order valence-electron chi connectivity index (χ1n) is 9.47. The quantitative estimate of drug-likeness (QED) is 0.676. The maximum atomic E-state index is 12.7. The van der Waals surface area contributed by atoms with Crippen LogP contribution in [0.1, 0.15) is 11.1 Å².